The predicted octanol–water partition coefficient (Wildman–Crippen LogP) is 1.44. The summed E-state index contributed by atoms with van der Waals surface area (Å²) in [4.78, 5) is 23.7. The second kappa shape index (κ2) is 7.11. The summed E-state index contributed by atoms with van der Waals surface area (Å²) in [5.74, 6) is -0.0742. The summed E-state index contributed by atoms with van der Waals surface area (Å²) in [5, 5.41) is 8.90. The van der Waals surface area contributed by atoms with Gasteiger partial charge in [-0.3, -0.25) is 9.59 Å². The van der Waals surface area contributed by atoms with E-state index in [4.69, 9.17) is 0 Å². The molecule has 0 aromatic heterocycles. The standard InChI is InChI=1S/C16H23N3O2/c1-3-11(2)18-15(20)8-9-17-16(21)14-10-12-6-4-5-7-13(12)19-14/h4-7,11,14,19H,3,8-10H2,1-2H3,(H,17,21)(H,18,20)/t11?,14-/m0/s1. The van der Waals surface area contributed by atoms with Gasteiger partial charge in [-0.15, -0.1) is 0 Å². The lowest BCUT2D eigenvalue weighted by molar-refractivity contribution is -0.123. The lowest BCUT2D eigenvalue weighted by Gasteiger charge is -2.13. The fourth-order valence-corrected chi connectivity index (χ4v) is 2.33. The molecule has 21 heavy (non-hydrogen) atoms. The normalized spacial score (nSPS) is 17.5. The van der Waals surface area contributed by atoms with Crippen LogP contribution < -0.4 is 16.0 Å². The number of amides is 2. The van der Waals surface area contributed by atoms with Crippen LogP contribution in [-0.2, 0) is 16.0 Å². The van der Waals surface area contributed by atoms with E-state index in [1.165, 1.54) is 0 Å². The second-order valence-corrected chi connectivity index (χ2v) is 5.48. The van der Waals surface area contributed by atoms with Crippen LogP contribution in [0.2, 0.25) is 0 Å². The van der Waals surface area contributed by atoms with Crippen LogP contribution >= 0.6 is 0 Å². The molecular weight excluding hydrogens is 266 g/mol. The van der Waals surface area contributed by atoms with E-state index in [0.717, 1.165) is 17.7 Å². The Bertz CT molecular complexity index is 491. The Balaban J connectivity index is 1.71. The van der Waals surface area contributed by atoms with Gasteiger partial charge in [-0.2, -0.15) is 0 Å². The number of para-hydroxylation sites is 1. The van der Waals surface area contributed by atoms with E-state index in [9.17, 15) is 9.59 Å². The van der Waals surface area contributed by atoms with Gasteiger partial charge in [0.1, 0.15) is 6.04 Å². The number of hydrogen-bond acceptors (Lipinski definition) is 3. The monoisotopic (exact) mass is 289 g/mol. The van der Waals surface area contributed by atoms with E-state index in [1.807, 2.05) is 38.1 Å². The van der Waals surface area contributed by atoms with Crippen LogP contribution in [0.25, 0.3) is 0 Å². The van der Waals surface area contributed by atoms with Crippen LogP contribution in [0.5, 0.6) is 0 Å². The molecule has 2 atom stereocenters. The highest BCUT2D eigenvalue weighted by atomic mass is 16.2. The lowest BCUT2D eigenvalue weighted by atomic mass is 10.1. The summed E-state index contributed by atoms with van der Waals surface area (Å²) in [6.07, 6.45) is 1.92. The Hall–Kier alpha value is -2.04. The number of benzene rings is 1. The van der Waals surface area contributed by atoms with E-state index in [-0.39, 0.29) is 23.9 Å². The van der Waals surface area contributed by atoms with Gasteiger partial charge >= 0.3 is 0 Å². The van der Waals surface area contributed by atoms with Gasteiger partial charge < -0.3 is 16.0 Å². The van der Waals surface area contributed by atoms with Crippen molar-refractivity contribution in [3.8, 4) is 0 Å². The molecule has 0 saturated carbocycles. The SMILES string of the molecule is CCC(C)NC(=O)CCNC(=O)[C@@H]1Cc2ccccc2N1. The summed E-state index contributed by atoms with van der Waals surface area (Å²) >= 11 is 0. The van der Waals surface area contributed by atoms with Crippen molar-refractivity contribution in [1.82, 2.24) is 10.6 Å². The molecule has 114 valence electrons. The minimum atomic E-state index is -0.236. The molecule has 1 aromatic carbocycles. The Morgan fingerprint density at radius 2 is 2.14 bits per heavy atom. The first kappa shape index (κ1) is 15.4. The topological polar surface area (TPSA) is 70.2 Å². The minimum absolute atomic E-state index is 0.0210. The van der Waals surface area contributed by atoms with Gasteiger partial charge in [-0.25, -0.2) is 0 Å². The molecule has 0 saturated heterocycles. The van der Waals surface area contributed by atoms with Crippen molar-refractivity contribution < 1.29 is 9.59 Å². The van der Waals surface area contributed by atoms with Crippen LogP contribution in [0.4, 0.5) is 5.69 Å². The molecule has 0 fully saturated rings. The highest BCUT2D eigenvalue weighted by molar-refractivity contribution is 5.87. The second-order valence-electron chi connectivity index (χ2n) is 5.48. The zero-order valence-electron chi connectivity index (χ0n) is 12.6. The molecule has 5 nitrogen and oxygen atoms in total. The third-order valence-electron chi connectivity index (χ3n) is 3.76. The quantitative estimate of drug-likeness (QED) is 0.742. The first-order valence-electron chi connectivity index (χ1n) is 7.51. The van der Waals surface area contributed by atoms with Crippen LogP contribution in [-0.4, -0.2) is 30.4 Å². The van der Waals surface area contributed by atoms with Crippen LogP contribution in [0.1, 0.15) is 32.3 Å². The number of anilines is 1. The van der Waals surface area contributed by atoms with Crippen molar-refractivity contribution in [3.05, 3.63) is 29.8 Å². The molecule has 1 aliphatic heterocycles. The van der Waals surface area contributed by atoms with Gasteiger partial charge in [0, 0.05) is 31.1 Å². The molecule has 5 heteroatoms. The lowest BCUT2D eigenvalue weighted by Crippen LogP contribution is -2.41. The molecule has 1 aliphatic rings. The minimum Gasteiger partial charge on any atom is -0.373 e. The number of fused-ring (bicyclic) bond motifs is 1. The van der Waals surface area contributed by atoms with Crippen molar-refractivity contribution in [2.45, 2.75) is 45.2 Å². The molecule has 0 aliphatic carbocycles. The fourth-order valence-electron chi connectivity index (χ4n) is 2.33. The van der Waals surface area contributed by atoms with Gasteiger partial charge in [0.15, 0.2) is 0 Å². The highest BCUT2D eigenvalue weighted by Crippen LogP contribution is 2.24. The molecule has 1 heterocycles. The number of nitrogens with one attached hydrogen (secondary N) is 3. The number of rotatable bonds is 6. The highest BCUT2D eigenvalue weighted by Gasteiger charge is 2.25. The third kappa shape index (κ3) is 4.21. The average Bonchev–Trinajstić information content (AvgIpc) is 2.91. The van der Waals surface area contributed by atoms with E-state index in [0.29, 0.717) is 19.4 Å². The van der Waals surface area contributed by atoms with Gasteiger partial charge in [-0.1, -0.05) is 25.1 Å². The molecule has 2 amide bonds. The molecular formula is C16H23N3O2. The predicted molar refractivity (Wildman–Crippen MR) is 83.1 cm³/mol. The summed E-state index contributed by atoms with van der Waals surface area (Å²) < 4.78 is 0. The Morgan fingerprint density at radius 1 is 1.38 bits per heavy atom. The third-order valence-corrected chi connectivity index (χ3v) is 3.76. The van der Waals surface area contributed by atoms with Crippen molar-refractivity contribution in [2.75, 3.05) is 11.9 Å². The summed E-state index contributed by atoms with van der Waals surface area (Å²) in [7, 11) is 0. The summed E-state index contributed by atoms with van der Waals surface area (Å²) in [5.41, 5.74) is 2.18. The van der Waals surface area contributed by atoms with E-state index < -0.39 is 0 Å². The zero-order chi connectivity index (χ0) is 15.2. The van der Waals surface area contributed by atoms with Gasteiger partial charge in [0.25, 0.3) is 0 Å². The van der Waals surface area contributed by atoms with E-state index in [2.05, 4.69) is 16.0 Å². The van der Waals surface area contributed by atoms with E-state index in [1.54, 1.807) is 0 Å². The maximum atomic E-state index is 12.1. The van der Waals surface area contributed by atoms with Gasteiger partial charge in [-0.05, 0) is 25.0 Å². The molecule has 2 rings (SSSR count). The Morgan fingerprint density at radius 3 is 2.86 bits per heavy atom. The Kier molecular flexibility index (Phi) is 5.20. The van der Waals surface area contributed by atoms with Crippen LogP contribution in [0.15, 0.2) is 24.3 Å². The van der Waals surface area contributed by atoms with Crippen LogP contribution in [0.3, 0.4) is 0 Å². The Labute approximate surface area is 125 Å². The maximum absolute atomic E-state index is 12.1. The van der Waals surface area contributed by atoms with Crippen molar-refractivity contribution in [1.29, 1.82) is 0 Å². The first-order chi connectivity index (χ1) is 10.1. The number of carbonyl (C=O) groups excluding carboxylic acids is 2. The molecule has 1 unspecified atom stereocenters. The smallest absolute Gasteiger partial charge is 0.242 e. The largest absolute Gasteiger partial charge is 0.373 e. The van der Waals surface area contributed by atoms with Gasteiger partial charge in [0.2, 0.25) is 11.8 Å². The summed E-state index contributed by atoms with van der Waals surface area (Å²) in [6, 6.07) is 7.86. The molecule has 0 spiro atoms. The molecule has 0 radical (unpaired) electrons. The maximum Gasteiger partial charge on any atom is 0.242 e. The molecule has 0 bridgehead atoms. The number of hydrogen-bond donors (Lipinski definition) is 3. The van der Waals surface area contributed by atoms with Crippen molar-refractivity contribution in [2.24, 2.45) is 0 Å². The van der Waals surface area contributed by atoms with E-state index >= 15 is 0 Å². The van der Waals surface area contributed by atoms with Gasteiger partial charge in [0.05, 0.1) is 0 Å². The number of carbonyl (C=O) groups is 2. The molecule has 1 aromatic rings. The fraction of sp³-hybridized carbons (Fsp3) is 0.500. The van der Waals surface area contributed by atoms with Crippen molar-refractivity contribution in [3.63, 3.8) is 0 Å². The first-order valence-corrected chi connectivity index (χ1v) is 7.51. The zero-order valence-corrected chi connectivity index (χ0v) is 12.6. The molecule has 3 N–H and O–H groups in total. The van der Waals surface area contributed by atoms with Crippen molar-refractivity contribution >= 4 is 17.5 Å². The van der Waals surface area contributed by atoms with Crippen LogP contribution in [0, 0.1) is 0 Å². The summed E-state index contributed by atoms with van der Waals surface area (Å²) in [6.45, 7) is 4.36. The average molecular weight is 289 g/mol.